The summed E-state index contributed by atoms with van der Waals surface area (Å²) in [5, 5.41) is 3.55. The van der Waals surface area contributed by atoms with Crippen molar-refractivity contribution in [1.82, 2.24) is 20.3 Å². The molecule has 2 aromatic heterocycles. The van der Waals surface area contributed by atoms with Crippen molar-refractivity contribution in [2.24, 2.45) is 0 Å². The van der Waals surface area contributed by atoms with Crippen LogP contribution in [0.5, 0.6) is 0 Å². The molecule has 0 saturated carbocycles. The van der Waals surface area contributed by atoms with Gasteiger partial charge in [0.1, 0.15) is 5.82 Å². The molecule has 3 heterocycles. The Labute approximate surface area is 117 Å². The fraction of sp³-hybridized carbons (Fsp3) is 0.250. The number of imidazole rings is 1. The van der Waals surface area contributed by atoms with Crippen LogP contribution in [0.25, 0.3) is 11.2 Å². The van der Waals surface area contributed by atoms with Gasteiger partial charge < -0.3 is 10.3 Å². The molecule has 1 aliphatic rings. The standard InChI is InChI=1S/C16H16N4/c1-10-8-13-15(18-9-10)20-16(19-13)14-12-5-3-2-4-11(12)6-7-17-14/h2-5,8-9,14,17H,6-7H2,1H3,(H,18,19,20). The lowest BCUT2D eigenvalue weighted by atomic mass is 9.94. The maximum absolute atomic E-state index is 4.65. The highest BCUT2D eigenvalue weighted by Gasteiger charge is 2.23. The van der Waals surface area contributed by atoms with E-state index in [2.05, 4.69) is 50.6 Å². The van der Waals surface area contributed by atoms with Crippen molar-refractivity contribution < 1.29 is 0 Å². The van der Waals surface area contributed by atoms with Crippen LogP contribution in [0.4, 0.5) is 0 Å². The second kappa shape index (κ2) is 4.42. The average Bonchev–Trinajstić information content (AvgIpc) is 2.89. The van der Waals surface area contributed by atoms with Gasteiger partial charge in [-0.15, -0.1) is 0 Å². The average molecular weight is 264 g/mol. The van der Waals surface area contributed by atoms with Gasteiger partial charge in [-0.1, -0.05) is 24.3 Å². The van der Waals surface area contributed by atoms with Crippen LogP contribution in [0, 0.1) is 6.92 Å². The molecule has 2 N–H and O–H groups in total. The highest BCUT2D eigenvalue weighted by molar-refractivity contribution is 5.71. The summed E-state index contributed by atoms with van der Waals surface area (Å²) in [6.45, 7) is 3.02. The zero-order valence-electron chi connectivity index (χ0n) is 11.4. The summed E-state index contributed by atoms with van der Waals surface area (Å²) < 4.78 is 0. The molecule has 1 aromatic carbocycles. The topological polar surface area (TPSA) is 53.6 Å². The van der Waals surface area contributed by atoms with Crippen molar-refractivity contribution in [2.75, 3.05) is 6.54 Å². The number of H-pyrrole nitrogens is 1. The number of fused-ring (bicyclic) bond motifs is 2. The third-order valence-electron chi connectivity index (χ3n) is 3.87. The van der Waals surface area contributed by atoms with E-state index >= 15 is 0 Å². The Morgan fingerprint density at radius 3 is 3.10 bits per heavy atom. The maximum atomic E-state index is 4.65. The SMILES string of the molecule is Cc1cnc2nc(C3NCCc4ccccc43)[nH]c2c1. The lowest BCUT2D eigenvalue weighted by Gasteiger charge is -2.25. The van der Waals surface area contributed by atoms with Crippen molar-refractivity contribution >= 4 is 11.2 Å². The number of aromatic amines is 1. The van der Waals surface area contributed by atoms with Gasteiger partial charge in [-0.2, -0.15) is 0 Å². The predicted molar refractivity (Wildman–Crippen MR) is 78.6 cm³/mol. The number of benzene rings is 1. The first kappa shape index (κ1) is 11.6. The van der Waals surface area contributed by atoms with Crippen LogP contribution in [-0.2, 0) is 6.42 Å². The smallest absolute Gasteiger partial charge is 0.177 e. The first-order valence-corrected chi connectivity index (χ1v) is 6.95. The Morgan fingerprint density at radius 1 is 1.25 bits per heavy atom. The fourth-order valence-electron chi connectivity index (χ4n) is 2.91. The van der Waals surface area contributed by atoms with E-state index < -0.39 is 0 Å². The molecule has 0 saturated heterocycles. The summed E-state index contributed by atoms with van der Waals surface area (Å²) in [5.74, 6) is 0.949. The quantitative estimate of drug-likeness (QED) is 0.710. The van der Waals surface area contributed by atoms with Crippen molar-refractivity contribution in [1.29, 1.82) is 0 Å². The van der Waals surface area contributed by atoms with Gasteiger partial charge in [0.2, 0.25) is 0 Å². The van der Waals surface area contributed by atoms with E-state index in [0.29, 0.717) is 0 Å². The zero-order valence-corrected chi connectivity index (χ0v) is 11.4. The molecule has 3 aromatic rings. The van der Waals surface area contributed by atoms with Crippen LogP contribution in [0.3, 0.4) is 0 Å². The summed E-state index contributed by atoms with van der Waals surface area (Å²) in [4.78, 5) is 12.4. The van der Waals surface area contributed by atoms with E-state index in [-0.39, 0.29) is 6.04 Å². The second-order valence-electron chi connectivity index (χ2n) is 5.34. The second-order valence-corrected chi connectivity index (χ2v) is 5.34. The Kier molecular flexibility index (Phi) is 2.57. The molecule has 4 rings (SSSR count). The number of pyridine rings is 1. The molecule has 0 spiro atoms. The van der Waals surface area contributed by atoms with Crippen LogP contribution in [0.1, 0.15) is 28.6 Å². The van der Waals surface area contributed by atoms with Crippen molar-refractivity contribution in [3.05, 3.63) is 59.0 Å². The molecule has 0 radical (unpaired) electrons. The lowest BCUT2D eigenvalue weighted by molar-refractivity contribution is 0.549. The van der Waals surface area contributed by atoms with Crippen molar-refractivity contribution in [3.8, 4) is 0 Å². The van der Waals surface area contributed by atoms with E-state index in [1.165, 1.54) is 11.1 Å². The van der Waals surface area contributed by atoms with Gasteiger partial charge in [0.05, 0.1) is 11.6 Å². The minimum absolute atomic E-state index is 0.134. The maximum Gasteiger partial charge on any atom is 0.177 e. The first-order chi connectivity index (χ1) is 9.81. The van der Waals surface area contributed by atoms with Crippen LogP contribution in [0.15, 0.2) is 36.5 Å². The van der Waals surface area contributed by atoms with Gasteiger partial charge in [-0.05, 0) is 36.1 Å². The van der Waals surface area contributed by atoms with Crippen LogP contribution in [0.2, 0.25) is 0 Å². The van der Waals surface area contributed by atoms with Gasteiger partial charge in [-0.25, -0.2) is 9.97 Å². The summed E-state index contributed by atoms with van der Waals surface area (Å²) in [5.41, 5.74) is 5.65. The molecule has 1 aliphatic heterocycles. The molecule has 1 atom stereocenters. The minimum atomic E-state index is 0.134. The molecule has 100 valence electrons. The normalized spacial score (nSPS) is 18.1. The number of rotatable bonds is 1. The molecule has 20 heavy (non-hydrogen) atoms. The minimum Gasteiger partial charge on any atom is -0.339 e. The Hall–Kier alpha value is -2.20. The number of aromatic nitrogens is 3. The summed E-state index contributed by atoms with van der Waals surface area (Å²) in [7, 11) is 0. The van der Waals surface area contributed by atoms with Crippen molar-refractivity contribution in [2.45, 2.75) is 19.4 Å². The third kappa shape index (κ3) is 1.80. The van der Waals surface area contributed by atoms with Crippen LogP contribution < -0.4 is 5.32 Å². The Bertz CT molecular complexity index is 775. The highest BCUT2D eigenvalue weighted by Crippen LogP contribution is 2.27. The summed E-state index contributed by atoms with van der Waals surface area (Å²) >= 11 is 0. The molecule has 4 heteroatoms. The Balaban J connectivity index is 1.84. The van der Waals surface area contributed by atoms with E-state index in [9.17, 15) is 0 Å². The molecule has 4 nitrogen and oxygen atoms in total. The molecule has 1 unspecified atom stereocenters. The molecule has 0 bridgehead atoms. The summed E-state index contributed by atoms with van der Waals surface area (Å²) in [6.07, 6.45) is 2.93. The molecular formula is C16H16N4. The zero-order chi connectivity index (χ0) is 13.5. The highest BCUT2D eigenvalue weighted by atomic mass is 15.1. The number of nitrogens with one attached hydrogen (secondary N) is 2. The van der Waals surface area contributed by atoms with Crippen molar-refractivity contribution in [3.63, 3.8) is 0 Å². The first-order valence-electron chi connectivity index (χ1n) is 6.95. The van der Waals surface area contributed by atoms with Gasteiger partial charge in [-0.3, -0.25) is 0 Å². The van der Waals surface area contributed by atoms with E-state index in [0.717, 1.165) is 35.5 Å². The van der Waals surface area contributed by atoms with E-state index in [1.54, 1.807) is 0 Å². The van der Waals surface area contributed by atoms with E-state index in [1.807, 2.05) is 13.1 Å². The number of hydrogen-bond acceptors (Lipinski definition) is 3. The van der Waals surface area contributed by atoms with Gasteiger partial charge in [0, 0.05) is 12.7 Å². The monoisotopic (exact) mass is 264 g/mol. The molecule has 0 fully saturated rings. The largest absolute Gasteiger partial charge is 0.339 e. The molecule has 0 aliphatic carbocycles. The fourth-order valence-corrected chi connectivity index (χ4v) is 2.91. The van der Waals surface area contributed by atoms with Gasteiger partial charge in [0.25, 0.3) is 0 Å². The van der Waals surface area contributed by atoms with Crippen LogP contribution >= 0.6 is 0 Å². The van der Waals surface area contributed by atoms with Gasteiger partial charge >= 0.3 is 0 Å². The Morgan fingerprint density at radius 2 is 2.15 bits per heavy atom. The summed E-state index contributed by atoms with van der Waals surface area (Å²) in [6, 6.07) is 10.8. The van der Waals surface area contributed by atoms with Gasteiger partial charge in [0.15, 0.2) is 5.65 Å². The number of hydrogen-bond donors (Lipinski definition) is 2. The molecule has 0 amide bonds. The molecular weight excluding hydrogens is 248 g/mol. The third-order valence-corrected chi connectivity index (χ3v) is 3.87. The predicted octanol–water partition coefficient (Wildman–Crippen LogP) is 2.50. The van der Waals surface area contributed by atoms with Crippen LogP contribution in [-0.4, -0.2) is 21.5 Å². The number of nitrogens with zero attached hydrogens (tertiary/aromatic N) is 2. The van der Waals surface area contributed by atoms with E-state index in [4.69, 9.17) is 0 Å². The number of aryl methyl sites for hydroxylation is 1. The lowest BCUT2D eigenvalue weighted by Crippen LogP contribution is -2.31.